The Labute approximate surface area is 215 Å². The molecule has 0 aliphatic carbocycles. The highest BCUT2D eigenvalue weighted by Crippen LogP contribution is 2.32. The Bertz CT molecular complexity index is 1150. The third-order valence-electron chi connectivity index (χ3n) is 6.36. The van der Waals surface area contributed by atoms with Crippen LogP contribution in [-0.4, -0.2) is 18.4 Å². The Morgan fingerprint density at radius 3 is 1.75 bits per heavy atom. The number of ether oxygens (including phenoxy) is 1. The van der Waals surface area contributed by atoms with E-state index >= 15 is 0 Å². The fourth-order valence-electron chi connectivity index (χ4n) is 4.31. The molecule has 3 rings (SSSR count). The van der Waals surface area contributed by atoms with Crippen LogP contribution in [0, 0.1) is 0 Å². The molecular weight excluding hydrogens is 448 g/mol. The van der Waals surface area contributed by atoms with Crippen molar-refractivity contribution >= 4 is 23.2 Å². The number of carbonyl (C=O) groups is 2. The molecule has 0 unspecified atom stereocenters. The van der Waals surface area contributed by atoms with E-state index in [9.17, 15) is 9.59 Å². The number of amides is 2. The van der Waals surface area contributed by atoms with E-state index < -0.39 is 0 Å². The van der Waals surface area contributed by atoms with Crippen molar-refractivity contribution in [3.8, 4) is 5.75 Å². The fourth-order valence-corrected chi connectivity index (χ4v) is 4.31. The number of nitrogens with one attached hydrogen (secondary N) is 2. The molecule has 5 heteroatoms. The van der Waals surface area contributed by atoms with Gasteiger partial charge in [0.25, 0.3) is 11.8 Å². The van der Waals surface area contributed by atoms with E-state index in [4.69, 9.17) is 4.74 Å². The van der Waals surface area contributed by atoms with Crippen LogP contribution in [0.2, 0.25) is 0 Å². The molecule has 0 spiro atoms. The molecule has 0 atom stereocenters. The largest absolute Gasteiger partial charge is 0.484 e. The van der Waals surface area contributed by atoms with Crippen LogP contribution in [-0.2, 0) is 17.6 Å². The van der Waals surface area contributed by atoms with Crippen LogP contribution in [0.15, 0.2) is 60.7 Å². The van der Waals surface area contributed by atoms with Gasteiger partial charge in [-0.1, -0.05) is 77.9 Å². The molecular formula is C31H38N2O3. The van der Waals surface area contributed by atoms with Crippen LogP contribution in [0.3, 0.4) is 0 Å². The monoisotopic (exact) mass is 486 g/mol. The van der Waals surface area contributed by atoms with Crippen LogP contribution < -0.4 is 15.4 Å². The zero-order chi connectivity index (χ0) is 26.2. The molecule has 2 amide bonds. The second kappa shape index (κ2) is 12.4. The molecule has 0 saturated carbocycles. The van der Waals surface area contributed by atoms with Crippen molar-refractivity contribution in [1.29, 1.82) is 0 Å². The molecule has 0 aromatic heterocycles. The molecule has 0 radical (unpaired) electrons. The molecule has 0 aliphatic heterocycles. The predicted molar refractivity (Wildman–Crippen MR) is 148 cm³/mol. The number of aryl methyl sites for hydroxylation is 2. The van der Waals surface area contributed by atoms with Gasteiger partial charge in [-0.2, -0.15) is 0 Å². The highest BCUT2D eigenvalue weighted by atomic mass is 16.5. The number of hydrogen-bond donors (Lipinski definition) is 2. The predicted octanol–water partition coefficient (Wildman–Crippen LogP) is 7.33. The average molecular weight is 487 g/mol. The van der Waals surface area contributed by atoms with Crippen molar-refractivity contribution in [3.63, 3.8) is 0 Å². The molecule has 5 nitrogen and oxygen atoms in total. The Morgan fingerprint density at radius 1 is 0.722 bits per heavy atom. The van der Waals surface area contributed by atoms with Gasteiger partial charge in [0.1, 0.15) is 5.75 Å². The van der Waals surface area contributed by atoms with Crippen LogP contribution in [0.1, 0.15) is 86.0 Å². The maximum absolute atomic E-state index is 12.9. The number of rotatable bonds is 10. The van der Waals surface area contributed by atoms with Crippen molar-refractivity contribution in [2.24, 2.45) is 0 Å². The summed E-state index contributed by atoms with van der Waals surface area (Å²) in [7, 11) is 0. The van der Waals surface area contributed by atoms with Crippen LogP contribution >= 0.6 is 0 Å². The van der Waals surface area contributed by atoms with Crippen LogP contribution in [0.4, 0.5) is 11.4 Å². The average Bonchev–Trinajstić information content (AvgIpc) is 2.87. The molecule has 2 N–H and O–H groups in total. The van der Waals surface area contributed by atoms with Gasteiger partial charge in [0.05, 0.1) is 0 Å². The Hall–Kier alpha value is -3.60. The van der Waals surface area contributed by atoms with E-state index in [0.29, 0.717) is 11.3 Å². The van der Waals surface area contributed by atoms with Crippen molar-refractivity contribution in [3.05, 3.63) is 88.5 Å². The number of hydrogen-bond acceptors (Lipinski definition) is 3. The second-order valence-corrected chi connectivity index (χ2v) is 9.59. The molecule has 0 heterocycles. The molecule has 190 valence electrons. The lowest BCUT2D eigenvalue weighted by Crippen LogP contribution is -2.22. The summed E-state index contributed by atoms with van der Waals surface area (Å²) in [6.45, 7) is 12.5. The Kier molecular flexibility index (Phi) is 9.29. The standard InChI is InChI=1S/C31H38N2O3/c1-7-22-11-9-12-23(8-2)29(22)33-31(35)24-15-17-25(18-16-24)36-19-28(34)32-30-26(20(3)4)13-10-14-27(30)21(5)6/h9-18,20-21H,7-8,19H2,1-6H3,(H,32,34)(H,33,35). The summed E-state index contributed by atoms with van der Waals surface area (Å²) in [6, 6.07) is 19.1. The third kappa shape index (κ3) is 6.54. The van der Waals surface area contributed by atoms with Gasteiger partial charge in [-0.15, -0.1) is 0 Å². The lowest BCUT2D eigenvalue weighted by molar-refractivity contribution is -0.118. The molecule has 3 aromatic carbocycles. The minimum atomic E-state index is -0.213. The Balaban J connectivity index is 1.65. The first kappa shape index (κ1) is 27.0. The first-order valence-corrected chi connectivity index (χ1v) is 12.8. The molecule has 36 heavy (non-hydrogen) atoms. The fraction of sp³-hybridized carbons (Fsp3) is 0.355. The highest BCUT2D eigenvalue weighted by molar-refractivity contribution is 6.05. The minimum absolute atomic E-state index is 0.112. The van der Waals surface area contributed by atoms with Crippen molar-refractivity contribution in [1.82, 2.24) is 0 Å². The number of benzene rings is 3. The van der Waals surface area contributed by atoms with Crippen LogP contribution in [0.5, 0.6) is 5.75 Å². The van der Waals surface area contributed by atoms with Crippen molar-refractivity contribution in [2.75, 3.05) is 17.2 Å². The number of para-hydroxylation sites is 2. The van der Waals surface area contributed by atoms with Gasteiger partial charge in [0.15, 0.2) is 6.61 Å². The molecule has 3 aromatic rings. The number of anilines is 2. The molecule has 0 fully saturated rings. The van der Waals surface area contributed by atoms with Gasteiger partial charge < -0.3 is 15.4 Å². The van der Waals surface area contributed by atoms with Gasteiger partial charge in [0.2, 0.25) is 0 Å². The van der Waals surface area contributed by atoms with Crippen molar-refractivity contribution < 1.29 is 14.3 Å². The summed E-state index contributed by atoms with van der Waals surface area (Å²) in [5.41, 5.74) is 6.77. The first-order valence-electron chi connectivity index (χ1n) is 12.8. The first-order chi connectivity index (χ1) is 17.2. The van der Waals surface area contributed by atoms with Gasteiger partial charge in [0, 0.05) is 16.9 Å². The van der Waals surface area contributed by atoms with E-state index in [1.807, 2.05) is 24.3 Å². The van der Waals surface area contributed by atoms with Crippen molar-refractivity contribution in [2.45, 2.75) is 66.2 Å². The summed E-state index contributed by atoms with van der Waals surface area (Å²) in [6.07, 6.45) is 1.69. The van der Waals surface area contributed by atoms with Gasteiger partial charge in [-0.3, -0.25) is 9.59 Å². The second-order valence-electron chi connectivity index (χ2n) is 9.59. The summed E-state index contributed by atoms with van der Waals surface area (Å²) in [5, 5.41) is 6.14. The van der Waals surface area contributed by atoms with Gasteiger partial charge in [-0.25, -0.2) is 0 Å². The van der Waals surface area contributed by atoms with Gasteiger partial charge in [-0.05, 0) is 71.2 Å². The lowest BCUT2D eigenvalue weighted by Gasteiger charge is -2.20. The van der Waals surface area contributed by atoms with E-state index in [0.717, 1.165) is 46.5 Å². The summed E-state index contributed by atoms with van der Waals surface area (Å²) in [5.74, 6) is 0.732. The zero-order valence-electron chi connectivity index (χ0n) is 22.3. The molecule has 0 bridgehead atoms. The molecule has 0 saturated heterocycles. The van der Waals surface area contributed by atoms with E-state index in [1.54, 1.807) is 24.3 Å². The van der Waals surface area contributed by atoms with E-state index in [1.165, 1.54) is 0 Å². The van der Waals surface area contributed by atoms with Crippen LogP contribution in [0.25, 0.3) is 0 Å². The zero-order valence-corrected chi connectivity index (χ0v) is 22.3. The summed E-state index contributed by atoms with van der Waals surface area (Å²) in [4.78, 5) is 25.6. The lowest BCUT2D eigenvalue weighted by atomic mass is 9.92. The maximum atomic E-state index is 12.9. The summed E-state index contributed by atoms with van der Waals surface area (Å²) < 4.78 is 5.72. The quantitative estimate of drug-likeness (QED) is 0.315. The molecule has 0 aliphatic rings. The SMILES string of the molecule is CCc1cccc(CC)c1NC(=O)c1ccc(OCC(=O)Nc2c(C(C)C)cccc2C(C)C)cc1. The normalized spacial score (nSPS) is 11.0. The topological polar surface area (TPSA) is 67.4 Å². The maximum Gasteiger partial charge on any atom is 0.262 e. The smallest absolute Gasteiger partial charge is 0.262 e. The Morgan fingerprint density at radius 2 is 1.25 bits per heavy atom. The minimum Gasteiger partial charge on any atom is -0.484 e. The number of carbonyl (C=O) groups excluding carboxylic acids is 2. The third-order valence-corrected chi connectivity index (χ3v) is 6.36. The highest BCUT2D eigenvalue weighted by Gasteiger charge is 2.17. The summed E-state index contributed by atoms with van der Waals surface area (Å²) >= 11 is 0. The van der Waals surface area contributed by atoms with Gasteiger partial charge >= 0.3 is 0 Å². The van der Waals surface area contributed by atoms with E-state index in [2.05, 4.69) is 64.3 Å². The van der Waals surface area contributed by atoms with E-state index in [-0.39, 0.29) is 30.3 Å².